The van der Waals surface area contributed by atoms with Gasteiger partial charge in [-0.15, -0.1) is 0 Å². The van der Waals surface area contributed by atoms with Crippen LogP contribution in [0.25, 0.3) is 11.4 Å². The molecular formula is C21H29N5O4. The molecule has 0 radical (unpaired) electrons. The minimum absolute atomic E-state index is 0.193. The number of nitrogens with one attached hydrogen (secondary N) is 2. The van der Waals surface area contributed by atoms with Crippen molar-refractivity contribution in [2.24, 2.45) is 0 Å². The Morgan fingerprint density at radius 1 is 1.30 bits per heavy atom. The van der Waals surface area contributed by atoms with Crippen LogP contribution in [0.1, 0.15) is 25.8 Å². The zero-order valence-corrected chi connectivity index (χ0v) is 17.7. The first-order chi connectivity index (χ1) is 14.4. The molecule has 30 heavy (non-hydrogen) atoms. The van der Waals surface area contributed by atoms with Crippen molar-refractivity contribution in [3.05, 3.63) is 34.1 Å². The topological polar surface area (TPSA) is 111 Å². The molecule has 1 aromatic carbocycles. The van der Waals surface area contributed by atoms with Gasteiger partial charge in [-0.25, -0.2) is 0 Å². The summed E-state index contributed by atoms with van der Waals surface area (Å²) in [7, 11) is 2.12. The third kappa shape index (κ3) is 5.37. The number of piperazine rings is 1. The zero-order valence-electron chi connectivity index (χ0n) is 17.7. The number of nitrogens with zero attached hydrogens (tertiary/aromatic N) is 3. The molecule has 0 atom stereocenters. The number of ether oxygens (including phenoxy) is 1. The molecule has 0 aliphatic carbocycles. The van der Waals surface area contributed by atoms with Crippen LogP contribution in [0.5, 0.6) is 11.6 Å². The molecule has 162 valence electrons. The van der Waals surface area contributed by atoms with Crippen LogP contribution in [0.15, 0.2) is 23.0 Å². The van der Waals surface area contributed by atoms with Crippen molar-refractivity contribution in [1.29, 1.82) is 0 Å². The Kier molecular flexibility index (Phi) is 7.07. The second-order valence-electron chi connectivity index (χ2n) is 7.55. The number of amides is 1. The van der Waals surface area contributed by atoms with E-state index < -0.39 is 17.3 Å². The standard InChI is InChI=1S/C21H29N5O4/c1-4-11-30-17-6-5-15(13-26-9-7-25(3)8-10-26)12-16(17)19-23-20(28)18(21(29)24-19)22-14(2)27/h5-6,12H,4,7-11,13H2,1-3H3,(H,22,27)(H2,23,24,28,29). The molecule has 1 aliphatic heterocycles. The Morgan fingerprint density at radius 3 is 2.67 bits per heavy atom. The van der Waals surface area contributed by atoms with Gasteiger partial charge in [0.05, 0.1) is 12.2 Å². The molecule has 0 bridgehead atoms. The summed E-state index contributed by atoms with van der Waals surface area (Å²) in [6.07, 6.45) is 0.832. The monoisotopic (exact) mass is 415 g/mol. The first-order valence-corrected chi connectivity index (χ1v) is 10.1. The predicted molar refractivity (Wildman–Crippen MR) is 115 cm³/mol. The summed E-state index contributed by atoms with van der Waals surface area (Å²) in [5.41, 5.74) is 0.762. The van der Waals surface area contributed by atoms with Crippen molar-refractivity contribution in [2.45, 2.75) is 26.8 Å². The number of rotatable bonds is 7. The van der Waals surface area contributed by atoms with Crippen LogP contribution in [-0.4, -0.2) is 70.6 Å². The van der Waals surface area contributed by atoms with Crippen LogP contribution >= 0.6 is 0 Å². The van der Waals surface area contributed by atoms with Crippen LogP contribution in [0.3, 0.4) is 0 Å². The quantitative estimate of drug-likeness (QED) is 0.630. The van der Waals surface area contributed by atoms with Gasteiger partial charge in [0.1, 0.15) is 11.6 Å². The lowest BCUT2D eigenvalue weighted by molar-refractivity contribution is -0.114. The largest absolute Gasteiger partial charge is 0.493 e. The van der Waals surface area contributed by atoms with E-state index in [2.05, 4.69) is 32.1 Å². The first-order valence-electron chi connectivity index (χ1n) is 10.1. The highest BCUT2D eigenvalue weighted by Crippen LogP contribution is 2.31. The number of carbonyl (C=O) groups is 1. The van der Waals surface area contributed by atoms with Crippen LogP contribution < -0.4 is 15.6 Å². The number of likely N-dealkylation sites (N-methyl/N-ethyl adjacent to an activating group) is 1. The summed E-state index contributed by atoms with van der Waals surface area (Å²) in [6.45, 7) is 8.58. The molecule has 0 saturated carbocycles. The summed E-state index contributed by atoms with van der Waals surface area (Å²) in [5.74, 6) is -0.229. The number of carbonyl (C=O) groups excluding carboxylic acids is 1. The summed E-state index contributed by atoms with van der Waals surface area (Å²) >= 11 is 0. The van der Waals surface area contributed by atoms with Gasteiger partial charge in [0.25, 0.3) is 5.56 Å². The molecule has 1 aliphatic rings. The maximum atomic E-state index is 12.4. The van der Waals surface area contributed by atoms with Crippen molar-refractivity contribution in [1.82, 2.24) is 19.8 Å². The van der Waals surface area contributed by atoms with Gasteiger partial charge >= 0.3 is 0 Å². The molecule has 0 unspecified atom stereocenters. The number of hydrogen-bond acceptors (Lipinski definition) is 7. The smallest absolute Gasteiger partial charge is 0.278 e. The fraction of sp³-hybridized carbons (Fsp3) is 0.476. The van der Waals surface area contributed by atoms with Crippen molar-refractivity contribution < 1.29 is 14.6 Å². The number of aromatic hydroxyl groups is 1. The minimum Gasteiger partial charge on any atom is -0.493 e. The van der Waals surface area contributed by atoms with Gasteiger partial charge in [0.15, 0.2) is 5.69 Å². The zero-order chi connectivity index (χ0) is 21.7. The molecule has 2 aromatic rings. The van der Waals surface area contributed by atoms with E-state index in [1.165, 1.54) is 6.92 Å². The second-order valence-corrected chi connectivity index (χ2v) is 7.55. The van der Waals surface area contributed by atoms with Crippen molar-refractivity contribution >= 4 is 11.6 Å². The normalized spacial score (nSPS) is 15.2. The average molecular weight is 415 g/mol. The van der Waals surface area contributed by atoms with Crippen LogP contribution in [-0.2, 0) is 11.3 Å². The SMILES string of the molecule is CCCOc1ccc(CN2CCN(C)CC2)cc1-c1nc(O)c(NC(C)=O)c(=O)[nH]1. The van der Waals surface area contributed by atoms with Gasteiger partial charge in [-0.05, 0) is 31.2 Å². The van der Waals surface area contributed by atoms with Crippen molar-refractivity contribution in [3.63, 3.8) is 0 Å². The Bertz CT molecular complexity index is 951. The lowest BCUT2D eigenvalue weighted by atomic mass is 10.1. The highest BCUT2D eigenvalue weighted by atomic mass is 16.5. The summed E-state index contributed by atoms with van der Waals surface area (Å²) in [6, 6.07) is 5.81. The number of aromatic amines is 1. The molecule has 2 heterocycles. The fourth-order valence-electron chi connectivity index (χ4n) is 3.34. The third-order valence-electron chi connectivity index (χ3n) is 4.96. The van der Waals surface area contributed by atoms with E-state index in [4.69, 9.17) is 4.74 Å². The molecule has 9 nitrogen and oxygen atoms in total. The van der Waals surface area contributed by atoms with E-state index in [9.17, 15) is 14.7 Å². The molecule has 0 spiro atoms. The third-order valence-corrected chi connectivity index (χ3v) is 4.96. The van der Waals surface area contributed by atoms with Gasteiger partial charge in [-0.2, -0.15) is 4.98 Å². The summed E-state index contributed by atoms with van der Waals surface area (Å²) in [4.78, 5) is 35.1. The van der Waals surface area contributed by atoms with E-state index in [1.807, 2.05) is 25.1 Å². The van der Waals surface area contributed by atoms with E-state index in [-0.39, 0.29) is 11.5 Å². The lowest BCUT2D eigenvalue weighted by Crippen LogP contribution is -2.43. The Balaban J connectivity index is 1.94. The minimum atomic E-state index is -0.626. The summed E-state index contributed by atoms with van der Waals surface area (Å²) in [5, 5.41) is 12.5. The molecule has 1 amide bonds. The molecule has 1 saturated heterocycles. The highest BCUT2D eigenvalue weighted by Gasteiger charge is 2.18. The predicted octanol–water partition coefficient (Wildman–Crippen LogP) is 1.64. The van der Waals surface area contributed by atoms with Gasteiger partial charge in [-0.3, -0.25) is 14.5 Å². The maximum Gasteiger partial charge on any atom is 0.278 e. The highest BCUT2D eigenvalue weighted by molar-refractivity contribution is 5.89. The average Bonchev–Trinajstić information content (AvgIpc) is 2.71. The van der Waals surface area contributed by atoms with Crippen LogP contribution in [0.2, 0.25) is 0 Å². The lowest BCUT2D eigenvalue weighted by Gasteiger charge is -2.32. The fourth-order valence-corrected chi connectivity index (χ4v) is 3.34. The van der Waals surface area contributed by atoms with Crippen molar-refractivity contribution in [2.75, 3.05) is 45.2 Å². The molecule has 9 heteroatoms. The van der Waals surface area contributed by atoms with E-state index >= 15 is 0 Å². The molecule has 1 aromatic heterocycles. The Labute approximate surface area is 175 Å². The first kappa shape index (κ1) is 21.8. The van der Waals surface area contributed by atoms with Gasteiger partial charge in [0, 0.05) is 39.6 Å². The molecular weight excluding hydrogens is 386 g/mol. The van der Waals surface area contributed by atoms with Gasteiger partial charge in [-0.1, -0.05) is 13.0 Å². The number of H-pyrrole nitrogens is 1. The van der Waals surface area contributed by atoms with E-state index in [0.29, 0.717) is 17.9 Å². The Hall–Kier alpha value is -2.91. The second kappa shape index (κ2) is 9.73. The van der Waals surface area contributed by atoms with Crippen LogP contribution in [0, 0.1) is 0 Å². The van der Waals surface area contributed by atoms with Crippen LogP contribution in [0.4, 0.5) is 5.69 Å². The molecule has 3 rings (SSSR count). The van der Waals surface area contributed by atoms with Gasteiger partial charge < -0.3 is 25.0 Å². The Morgan fingerprint density at radius 2 is 2.03 bits per heavy atom. The summed E-state index contributed by atoms with van der Waals surface area (Å²) < 4.78 is 5.84. The number of hydrogen-bond donors (Lipinski definition) is 3. The molecule has 1 fully saturated rings. The number of anilines is 1. The molecule has 3 N–H and O–H groups in total. The van der Waals surface area contributed by atoms with E-state index in [1.54, 1.807) is 0 Å². The number of aromatic nitrogens is 2. The van der Waals surface area contributed by atoms with Gasteiger partial charge in [0.2, 0.25) is 11.8 Å². The maximum absolute atomic E-state index is 12.4. The number of benzene rings is 1. The van der Waals surface area contributed by atoms with Crippen molar-refractivity contribution in [3.8, 4) is 23.0 Å². The van der Waals surface area contributed by atoms with E-state index in [0.717, 1.165) is 44.7 Å².